The van der Waals surface area contributed by atoms with Crippen molar-refractivity contribution in [1.82, 2.24) is 9.38 Å². The minimum Gasteiger partial charge on any atom is -0.461 e. The van der Waals surface area contributed by atoms with Crippen molar-refractivity contribution in [3.63, 3.8) is 0 Å². The van der Waals surface area contributed by atoms with Gasteiger partial charge in [0, 0.05) is 24.2 Å². The average molecular weight is 348 g/mol. The van der Waals surface area contributed by atoms with Gasteiger partial charge in [0.15, 0.2) is 11.3 Å². The molecule has 130 valence electrons. The van der Waals surface area contributed by atoms with Gasteiger partial charge in [-0.3, -0.25) is 9.54 Å². The normalized spacial score (nSPS) is 16.0. The number of carbonyl (C=O) groups is 1. The van der Waals surface area contributed by atoms with Crippen molar-refractivity contribution >= 4 is 29.3 Å². The van der Waals surface area contributed by atoms with Gasteiger partial charge < -0.3 is 9.64 Å². The number of rotatable bonds is 4. The van der Waals surface area contributed by atoms with Crippen molar-refractivity contribution in [1.29, 1.82) is 0 Å². The summed E-state index contributed by atoms with van der Waals surface area (Å²) < 4.78 is 6.95. The molecule has 0 amide bonds. The van der Waals surface area contributed by atoms with Crippen LogP contribution < -0.4 is 10.0 Å². The second-order valence-electron chi connectivity index (χ2n) is 5.99. The van der Waals surface area contributed by atoms with E-state index in [0.29, 0.717) is 12.3 Å². The largest absolute Gasteiger partial charge is 0.461 e. The summed E-state index contributed by atoms with van der Waals surface area (Å²) in [6, 6.07) is 2.07. The number of carbonyl (C=O) groups excluding carboxylic acids is 1. The molecule has 0 unspecified atom stereocenters. The smallest absolute Gasteiger partial charge is 0.356 e. The lowest BCUT2D eigenvalue weighted by atomic mass is 10.1. The van der Waals surface area contributed by atoms with Gasteiger partial charge in [-0.05, 0) is 37.8 Å². The fraction of sp³-hybridized carbons (Fsp3) is 0.529. The molecule has 0 saturated carbocycles. The molecule has 0 bridgehead atoms. The zero-order valence-corrected chi connectivity index (χ0v) is 14.8. The monoisotopic (exact) mass is 348 g/mol. The van der Waals surface area contributed by atoms with Crippen LogP contribution in [0.4, 0.5) is 5.69 Å². The molecule has 0 atom stereocenters. The summed E-state index contributed by atoms with van der Waals surface area (Å²) in [4.78, 5) is 19.9. The van der Waals surface area contributed by atoms with E-state index in [0.717, 1.165) is 29.3 Å². The number of fused-ring (bicyclic) bond motifs is 1. The van der Waals surface area contributed by atoms with Crippen molar-refractivity contribution in [3.05, 3.63) is 24.2 Å². The van der Waals surface area contributed by atoms with Crippen LogP contribution in [-0.2, 0) is 4.74 Å². The second kappa shape index (κ2) is 7.90. The number of imidazole rings is 1. The van der Waals surface area contributed by atoms with Crippen molar-refractivity contribution < 1.29 is 9.53 Å². The van der Waals surface area contributed by atoms with E-state index in [-0.39, 0.29) is 5.97 Å². The zero-order chi connectivity index (χ0) is 16.9. The van der Waals surface area contributed by atoms with Crippen molar-refractivity contribution in [2.24, 2.45) is 5.14 Å². The summed E-state index contributed by atoms with van der Waals surface area (Å²) in [5.74, 6) is -0.359. The van der Waals surface area contributed by atoms with E-state index in [9.17, 15) is 4.79 Å². The van der Waals surface area contributed by atoms with E-state index in [1.54, 1.807) is 17.5 Å². The van der Waals surface area contributed by atoms with Gasteiger partial charge in [-0.2, -0.15) is 0 Å². The first kappa shape index (κ1) is 17.1. The minimum absolute atomic E-state index is 0.344. The van der Waals surface area contributed by atoms with Gasteiger partial charge in [-0.15, -0.1) is 0 Å². The van der Waals surface area contributed by atoms with Gasteiger partial charge in [0.2, 0.25) is 0 Å². The Labute approximate surface area is 146 Å². The van der Waals surface area contributed by atoms with Crippen LogP contribution in [0.2, 0.25) is 0 Å². The van der Waals surface area contributed by atoms with E-state index in [4.69, 9.17) is 9.88 Å². The quantitative estimate of drug-likeness (QED) is 0.675. The molecule has 3 heterocycles. The number of hydrogen-bond donors (Lipinski definition) is 1. The lowest BCUT2D eigenvalue weighted by Crippen LogP contribution is -2.27. The minimum atomic E-state index is -0.359. The maximum absolute atomic E-state index is 12.2. The van der Waals surface area contributed by atoms with E-state index in [1.807, 2.05) is 6.20 Å². The Hall–Kier alpha value is -1.73. The number of nitrogens with zero attached hydrogens (tertiary/aromatic N) is 3. The highest BCUT2D eigenvalue weighted by atomic mass is 32.2. The van der Waals surface area contributed by atoms with Crippen LogP contribution in [0, 0.1) is 0 Å². The molecule has 2 aromatic rings. The van der Waals surface area contributed by atoms with Crippen LogP contribution in [0.25, 0.3) is 5.65 Å². The van der Waals surface area contributed by atoms with Crippen molar-refractivity contribution in [2.45, 2.75) is 43.9 Å². The number of aromatic nitrogens is 2. The van der Waals surface area contributed by atoms with Crippen LogP contribution in [0.5, 0.6) is 0 Å². The van der Waals surface area contributed by atoms with Gasteiger partial charge >= 0.3 is 5.97 Å². The Morgan fingerprint density at radius 1 is 1.29 bits per heavy atom. The Kier molecular flexibility index (Phi) is 5.63. The van der Waals surface area contributed by atoms with Crippen LogP contribution in [-0.4, -0.2) is 35.1 Å². The third kappa shape index (κ3) is 3.52. The van der Waals surface area contributed by atoms with Crippen molar-refractivity contribution in [3.8, 4) is 0 Å². The average Bonchev–Trinajstić information content (AvgIpc) is 2.98. The van der Waals surface area contributed by atoms with Gasteiger partial charge in [0.1, 0.15) is 0 Å². The molecule has 0 radical (unpaired) electrons. The predicted octanol–water partition coefficient (Wildman–Crippen LogP) is 3.25. The molecule has 7 heteroatoms. The molecule has 0 aromatic carbocycles. The molecule has 1 aliphatic rings. The number of esters is 1. The third-order valence-corrected chi connectivity index (χ3v) is 4.87. The molecule has 1 saturated heterocycles. The Balaban J connectivity index is 2.04. The number of anilines is 1. The predicted molar refractivity (Wildman–Crippen MR) is 96.5 cm³/mol. The maximum Gasteiger partial charge on any atom is 0.356 e. The van der Waals surface area contributed by atoms with Gasteiger partial charge in [0.05, 0.1) is 18.5 Å². The van der Waals surface area contributed by atoms with Crippen LogP contribution >= 0.6 is 11.9 Å². The first-order valence-corrected chi connectivity index (χ1v) is 9.42. The Morgan fingerprint density at radius 3 is 2.67 bits per heavy atom. The van der Waals surface area contributed by atoms with E-state index in [2.05, 4.69) is 16.0 Å². The van der Waals surface area contributed by atoms with Gasteiger partial charge in [0.25, 0.3) is 0 Å². The lowest BCUT2D eigenvalue weighted by molar-refractivity contribution is 0.0518. The molecule has 0 spiro atoms. The highest BCUT2D eigenvalue weighted by molar-refractivity contribution is 7.97. The summed E-state index contributed by atoms with van der Waals surface area (Å²) in [7, 11) is 0. The summed E-state index contributed by atoms with van der Waals surface area (Å²) >= 11 is 1.18. The Bertz CT molecular complexity index is 708. The highest BCUT2D eigenvalue weighted by Crippen LogP contribution is 2.29. The molecular formula is C17H24N4O2S. The summed E-state index contributed by atoms with van der Waals surface area (Å²) in [6.07, 6.45) is 9.65. The van der Waals surface area contributed by atoms with Gasteiger partial charge in [-0.25, -0.2) is 9.78 Å². The molecule has 3 rings (SSSR count). The van der Waals surface area contributed by atoms with Crippen LogP contribution in [0.15, 0.2) is 23.4 Å². The number of pyridine rings is 1. The molecule has 24 heavy (non-hydrogen) atoms. The number of nitrogens with two attached hydrogens (primary N) is 1. The van der Waals surface area contributed by atoms with E-state index >= 15 is 0 Å². The summed E-state index contributed by atoms with van der Waals surface area (Å²) in [6.45, 7) is 4.16. The van der Waals surface area contributed by atoms with Crippen LogP contribution in [0.1, 0.15) is 49.5 Å². The zero-order valence-electron chi connectivity index (χ0n) is 14.0. The topological polar surface area (TPSA) is 72.9 Å². The van der Waals surface area contributed by atoms with E-state index in [1.165, 1.54) is 44.1 Å². The number of ether oxygens (including phenoxy) is 1. The standard InChI is InChI=1S/C17H24N4O2S/c1-2-23-17(22)15-11-19-16-14(10-13(24-18)12-21(15)16)20-8-6-4-3-5-7-9-20/h10-12H,2-9,18H2,1H3. The Morgan fingerprint density at radius 2 is 2.00 bits per heavy atom. The molecule has 0 aliphatic carbocycles. The first-order chi connectivity index (χ1) is 11.7. The SMILES string of the molecule is CCOC(=O)c1cnc2c(N3CCCCCCC3)cc(SN)cn12. The van der Waals surface area contributed by atoms with Gasteiger partial charge in [-0.1, -0.05) is 19.3 Å². The fourth-order valence-corrected chi connectivity index (χ4v) is 3.53. The van der Waals surface area contributed by atoms with Crippen LogP contribution in [0.3, 0.4) is 0 Å². The maximum atomic E-state index is 12.2. The molecule has 2 N–H and O–H groups in total. The van der Waals surface area contributed by atoms with Crippen molar-refractivity contribution in [2.75, 3.05) is 24.6 Å². The fourth-order valence-electron chi connectivity index (χ4n) is 3.19. The molecule has 6 nitrogen and oxygen atoms in total. The summed E-state index contributed by atoms with van der Waals surface area (Å²) in [5, 5.41) is 5.80. The molecule has 1 aliphatic heterocycles. The highest BCUT2D eigenvalue weighted by Gasteiger charge is 2.19. The second-order valence-corrected chi connectivity index (χ2v) is 6.70. The lowest BCUT2D eigenvalue weighted by Gasteiger charge is -2.27. The molecular weight excluding hydrogens is 324 g/mol. The molecule has 1 fully saturated rings. The summed E-state index contributed by atoms with van der Waals surface area (Å²) in [5.41, 5.74) is 2.27. The third-order valence-electron chi connectivity index (χ3n) is 4.38. The number of hydrogen-bond acceptors (Lipinski definition) is 6. The molecule has 2 aromatic heterocycles. The van der Waals surface area contributed by atoms with E-state index < -0.39 is 0 Å². The first-order valence-electron chi connectivity index (χ1n) is 8.54.